The fraction of sp³-hybridized carbons (Fsp3) is 1.00. The third kappa shape index (κ3) is 1.24. The SMILES string of the molecule is CC1(C(F)(F)F)CC2(CC(F)(F)C2)C1. The lowest BCUT2D eigenvalue weighted by Gasteiger charge is -2.62. The predicted molar refractivity (Wildman–Crippen MR) is 40.0 cm³/mol. The molecule has 2 aliphatic rings. The van der Waals surface area contributed by atoms with Crippen LogP contribution in [0.3, 0.4) is 0 Å². The summed E-state index contributed by atoms with van der Waals surface area (Å²) in [6, 6.07) is 0. The van der Waals surface area contributed by atoms with Crippen molar-refractivity contribution in [1.29, 1.82) is 0 Å². The van der Waals surface area contributed by atoms with Crippen molar-refractivity contribution in [2.45, 2.75) is 44.7 Å². The first-order valence-corrected chi connectivity index (χ1v) is 4.52. The summed E-state index contributed by atoms with van der Waals surface area (Å²) < 4.78 is 62.2. The molecule has 0 amide bonds. The van der Waals surface area contributed by atoms with Gasteiger partial charge in [0.1, 0.15) is 0 Å². The van der Waals surface area contributed by atoms with Gasteiger partial charge in [-0.05, 0) is 18.3 Å². The normalized spacial score (nSPS) is 32.1. The summed E-state index contributed by atoms with van der Waals surface area (Å²) >= 11 is 0. The fourth-order valence-corrected chi connectivity index (χ4v) is 3.10. The first-order chi connectivity index (χ1) is 6.08. The van der Waals surface area contributed by atoms with E-state index in [9.17, 15) is 22.0 Å². The summed E-state index contributed by atoms with van der Waals surface area (Å²) in [4.78, 5) is 0. The van der Waals surface area contributed by atoms with Crippen molar-refractivity contribution >= 4 is 0 Å². The Morgan fingerprint density at radius 2 is 1.36 bits per heavy atom. The molecule has 82 valence electrons. The van der Waals surface area contributed by atoms with Gasteiger partial charge in [0.25, 0.3) is 0 Å². The lowest BCUT2D eigenvalue weighted by Crippen LogP contribution is -2.61. The molecule has 0 aromatic rings. The van der Waals surface area contributed by atoms with Crippen LogP contribution in [0.15, 0.2) is 0 Å². The predicted octanol–water partition coefficient (Wildman–Crippen LogP) is 3.76. The van der Waals surface area contributed by atoms with E-state index in [1.54, 1.807) is 0 Å². The topological polar surface area (TPSA) is 0 Å². The molecule has 0 nitrogen and oxygen atoms in total. The first kappa shape index (κ1) is 10.2. The molecule has 2 saturated carbocycles. The monoisotopic (exact) mass is 214 g/mol. The molecular formula is C9H11F5. The van der Waals surface area contributed by atoms with Crippen LogP contribution in [-0.4, -0.2) is 12.1 Å². The molecule has 5 heteroatoms. The van der Waals surface area contributed by atoms with E-state index in [0.717, 1.165) is 6.92 Å². The van der Waals surface area contributed by atoms with Gasteiger partial charge in [0.15, 0.2) is 0 Å². The quantitative estimate of drug-likeness (QED) is 0.538. The summed E-state index contributed by atoms with van der Waals surface area (Å²) in [5, 5.41) is 0. The smallest absolute Gasteiger partial charge is 0.207 e. The zero-order chi connectivity index (χ0) is 10.8. The molecule has 0 atom stereocenters. The second kappa shape index (κ2) is 2.25. The van der Waals surface area contributed by atoms with Crippen molar-refractivity contribution < 1.29 is 22.0 Å². The van der Waals surface area contributed by atoms with Crippen LogP contribution in [0.25, 0.3) is 0 Å². The van der Waals surface area contributed by atoms with E-state index >= 15 is 0 Å². The molecule has 14 heavy (non-hydrogen) atoms. The lowest BCUT2D eigenvalue weighted by atomic mass is 9.44. The van der Waals surface area contributed by atoms with Gasteiger partial charge in [-0.15, -0.1) is 0 Å². The molecule has 0 radical (unpaired) electrons. The maximum absolute atomic E-state index is 12.5. The van der Waals surface area contributed by atoms with Gasteiger partial charge in [0.05, 0.1) is 5.41 Å². The van der Waals surface area contributed by atoms with Gasteiger partial charge in [-0.25, -0.2) is 8.78 Å². The lowest BCUT2D eigenvalue weighted by molar-refractivity contribution is -0.317. The summed E-state index contributed by atoms with van der Waals surface area (Å²) in [5.74, 6) is -2.72. The molecule has 2 rings (SSSR count). The Labute approximate surface area is 78.5 Å². The Bertz CT molecular complexity index is 249. The van der Waals surface area contributed by atoms with E-state index < -0.39 is 22.9 Å². The van der Waals surface area contributed by atoms with Gasteiger partial charge < -0.3 is 0 Å². The third-order valence-corrected chi connectivity index (χ3v) is 3.48. The molecule has 1 spiro atoms. The summed E-state index contributed by atoms with van der Waals surface area (Å²) in [6.07, 6.45) is -5.21. The van der Waals surface area contributed by atoms with Crippen LogP contribution in [0.5, 0.6) is 0 Å². The Balaban J connectivity index is 1.98. The highest BCUT2D eigenvalue weighted by atomic mass is 19.4. The van der Waals surface area contributed by atoms with Gasteiger partial charge in [0, 0.05) is 12.8 Å². The number of halogens is 5. The molecule has 2 aliphatic carbocycles. The van der Waals surface area contributed by atoms with Crippen LogP contribution in [0.2, 0.25) is 0 Å². The number of rotatable bonds is 0. The zero-order valence-corrected chi connectivity index (χ0v) is 7.72. The average Bonchev–Trinajstić information content (AvgIpc) is 1.76. The van der Waals surface area contributed by atoms with E-state index in [0.29, 0.717) is 0 Å². The minimum Gasteiger partial charge on any atom is -0.207 e. The fourth-order valence-electron chi connectivity index (χ4n) is 3.10. The Morgan fingerprint density at radius 1 is 0.929 bits per heavy atom. The van der Waals surface area contributed by atoms with E-state index in [2.05, 4.69) is 0 Å². The van der Waals surface area contributed by atoms with Crippen LogP contribution in [0.1, 0.15) is 32.6 Å². The summed E-state index contributed by atoms with van der Waals surface area (Å²) in [5.41, 5.74) is -2.42. The van der Waals surface area contributed by atoms with Gasteiger partial charge in [-0.3, -0.25) is 0 Å². The third-order valence-electron chi connectivity index (χ3n) is 3.48. The summed E-state index contributed by atoms with van der Waals surface area (Å²) in [6.45, 7) is 1.12. The molecule has 0 heterocycles. The highest BCUT2D eigenvalue weighted by molar-refractivity contribution is 5.12. The van der Waals surface area contributed by atoms with E-state index in [4.69, 9.17) is 0 Å². The standard InChI is InChI=1S/C9H11F5/c1-6(9(12,13)14)2-7(3-6)4-8(10,11)5-7/h2-5H2,1H3. The van der Waals surface area contributed by atoms with Crippen molar-refractivity contribution in [3.8, 4) is 0 Å². The van der Waals surface area contributed by atoms with E-state index in [1.807, 2.05) is 0 Å². The average molecular weight is 214 g/mol. The molecular weight excluding hydrogens is 203 g/mol. The van der Waals surface area contributed by atoms with Crippen LogP contribution >= 0.6 is 0 Å². The van der Waals surface area contributed by atoms with Gasteiger partial charge in [-0.2, -0.15) is 13.2 Å². The van der Waals surface area contributed by atoms with Crippen LogP contribution < -0.4 is 0 Å². The number of hydrogen-bond donors (Lipinski definition) is 0. The Hall–Kier alpha value is -0.350. The first-order valence-electron chi connectivity index (χ1n) is 4.52. The van der Waals surface area contributed by atoms with Crippen molar-refractivity contribution in [3.63, 3.8) is 0 Å². The second-order valence-corrected chi connectivity index (χ2v) is 5.12. The van der Waals surface area contributed by atoms with Crippen LogP contribution in [-0.2, 0) is 0 Å². The van der Waals surface area contributed by atoms with Gasteiger partial charge >= 0.3 is 6.18 Å². The Morgan fingerprint density at radius 3 is 1.64 bits per heavy atom. The van der Waals surface area contributed by atoms with Crippen molar-refractivity contribution in [2.24, 2.45) is 10.8 Å². The highest BCUT2D eigenvalue weighted by Crippen LogP contribution is 2.72. The molecule has 0 aromatic carbocycles. The molecule has 0 bridgehead atoms. The van der Waals surface area contributed by atoms with Crippen molar-refractivity contribution in [1.82, 2.24) is 0 Å². The molecule has 0 N–H and O–H groups in total. The molecule has 0 unspecified atom stereocenters. The van der Waals surface area contributed by atoms with E-state index in [-0.39, 0.29) is 25.7 Å². The van der Waals surface area contributed by atoms with Gasteiger partial charge in [-0.1, -0.05) is 6.92 Å². The van der Waals surface area contributed by atoms with Crippen molar-refractivity contribution in [3.05, 3.63) is 0 Å². The highest BCUT2D eigenvalue weighted by Gasteiger charge is 2.71. The molecule has 0 aliphatic heterocycles. The zero-order valence-electron chi connectivity index (χ0n) is 7.72. The Kier molecular flexibility index (Phi) is 1.63. The van der Waals surface area contributed by atoms with Crippen LogP contribution in [0, 0.1) is 10.8 Å². The maximum atomic E-state index is 12.5. The van der Waals surface area contributed by atoms with Crippen LogP contribution in [0.4, 0.5) is 22.0 Å². The number of hydrogen-bond acceptors (Lipinski definition) is 0. The second-order valence-electron chi connectivity index (χ2n) is 5.12. The van der Waals surface area contributed by atoms with E-state index in [1.165, 1.54) is 0 Å². The molecule has 2 fully saturated rings. The maximum Gasteiger partial charge on any atom is 0.394 e. The largest absolute Gasteiger partial charge is 0.394 e. The van der Waals surface area contributed by atoms with Gasteiger partial charge in [0.2, 0.25) is 5.92 Å². The molecule has 0 aromatic heterocycles. The van der Waals surface area contributed by atoms with Crippen molar-refractivity contribution in [2.75, 3.05) is 0 Å². The number of alkyl halides is 5. The summed E-state index contributed by atoms with van der Waals surface area (Å²) in [7, 11) is 0. The minimum absolute atomic E-state index is 0.126. The molecule has 0 saturated heterocycles. The minimum atomic E-state index is -4.25.